The van der Waals surface area contributed by atoms with E-state index >= 15 is 0 Å². The average molecular weight is 449 g/mol. The summed E-state index contributed by atoms with van der Waals surface area (Å²) >= 11 is 0. The van der Waals surface area contributed by atoms with Gasteiger partial charge in [-0.15, -0.1) is 0 Å². The molecule has 0 aliphatic rings. The Morgan fingerprint density at radius 3 is 1.41 bits per heavy atom. The molecule has 0 amide bonds. The van der Waals surface area contributed by atoms with Crippen LogP contribution in [0.3, 0.4) is 0 Å². The lowest BCUT2D eigenvalue weighted by atomic mass is 9.94. The Labute approximate surface area is 205 Å². The number of nitrogens with one attached hydrogen (secondary N) is 2. The molecule has 4 aromatic rings. The highest BCUT2D eigenvalue weighted by Crippen LogP contribution is 2.26. The molecule has 2 N–H and O–H groups in total. The molecule has 4 aromatic carbocycles. The van der Waals surface area contributed by atoms with Crippen molar-refractivity contribution in [2.45, 2.75) is 52.4 Å². The van der Waals surface area contributed by atoms with Crippen LogP contribution in [0.2, 0.25) is 0 Å². The summed E-state index contributed by atoms with van der Waals surface area (Å²) in [5.41, 5.74) is 9.92. The molecule has 0 heterocycles. The van der Waals surface area contributed by atoms with Crippen molar-refractivity contribution in [3.8, 4) is 0 Å². The molecular weight excluding hydrogens is 412 g/mol. The van der Waals surface area contributed by atoms with Crippen molar-refractivity contribution in [1.82, 2.24) is 0 Å². The number of rotatable bonds is 9. The summed E-state index contributed by atoms with van der Waals surface area (Å²) in [6, 6.07) is 34.9. The lowest BCUT2D eigenvalue weighted by Gasteiger charge is -2.14. The molecule has 34 heavy (non-hydrogen) atoms. The van der Waals surface area contributed by atoms with E-state index in [-0.39, 0.29) is 0 Å². The van der Waals surface area contributed by atoms with Crippen molar-refractivity contribution in [2.75, 3.05) is 10.6 Å². The van der Waals surface area contributed by atoms with Crippen LogP contribution in [0.1, 0.15) is 61.3 Å². The first kappa shape index (κ1) is 23.6. The van der Waals surface area contributed by atoms with E-state index in [4.69, 9.17) is 0 Å². The molecule has 0 saturated carbocycles. The fraction of sp³-hybridized carbons (Fsp3) is 0.250. The van der Waals surface area contributed by atoms with Crippen LogP contribution in [0.4, 0.5) is 22.7 Å². The standard InChI is InChI=1S/C32H36N2/c1-23(2)27-11-19-31(20-12-27)34-32-21-13-28(14-22-32)25(4)7-8-26-9-17-30(18-10-26)33-29-15-5-24(3)6-16-29/h5-6,9-23,25,33-34H,7-8H2,1-4H3. The maximum Gasteiger partial charge on any atom is 0.0384 e. The first-order valence-electron chi connectivity index (χ1n) is 12.4. The van der Waals surface area contributed by atoms with Gasteiger partial charge in [-0.05, 0) is 96.8 Å². The van der Waals surface area contributed by atoms with E-state index in [9.17, 15) is 0 Å². The van der Waals surface area contributed by atoms with Gasteiger partial charge in [0.25, 0.3) is 0 Å². The minimum absolute atomic E-state index is 0.518. The van der Waals surface area contributed by atoms with E-state index < -0.39 is 0 Å². The van der Waals surface area contributed by atoms with Crippen LogP contribution in [0.5, 0.6) is 0 Å². The van der Waals surface area contributed by atoms with Gasteiger partial charge in [-0.25, -0.2) is 0 Å². The third-order valence-corrected chi connectivity index (χ3v) is 6.51. The van der Waals surface area contributed by atoms with E-state index in [0.29, 0.717) is 11.8 Å². The first-order valence-corrected chi connectivity index (χ1v) is 12.4. The highest BCUT2D eigenvalue weighted by atomic mass is 14.9. The maximum absolute atomic E-state index is 3.51. The van der Waals surface area contributed by atoms with E-state index in [1.165, 1.54) is 22.3 Å². The monoisotopic (exact) mass is 448 g/mol. The molecule has 174 valence electrons. The summed E-state index contributed by atoms with van der Waals surface area (Å²) < 4.78 is 0. The molecule has 2 nitrogen and oxygen atoms in total. The smallest absolute Gasteiger partial charge is 0.0384 e. The van der Waals surface area contributed by atoms with Crippen LogP contribution in [0.15, 0.2) is 97.1 Å². The summed E-state index contributed by atoms with van der Waals surface area (Å²) in [6.07, 6.45) is 2.21. The Hall–Kier alpha value is -3.52. The predicted octanol–water partition coefficient (Wildman–Crippen LogP) is 9.34. The quantitative estimate of drug-likeness (QED) is 0.266. The zero-order chi connectivity index (χ0) is 23.9. The van der Waals surface area contributed by atoms with Gasteiger partial charge < -0.3 is 10.6 Å². The third kappa shape index (κ3) is 6.51. The lowest BCUT2D eigenvalue weighted by molar-refractivity contribution is 0.680. The summed E-state index contributed by atoms with van der Waals surface area (Å²) in [4.78, 5) is 0. The molecule has 0 bridgehead atoms. The van der Waals surface area contributed by atoms with Gasteiger partial charge in [0.1, 0.15) is 0 Å². The summed E-state index contributed by atoms with van der Waals surface area (Å²) in [7, 11) is 0. The van der Waals surface area contributed by atoms with Crippen molar-refractivity contribution < 1.29 is 0 Å². The number of hydrogen-bond acceptors (Lipinski definition) is 2. The maximum atomic E-state index is 3.51. The minimum Gasteiger partial charge on any atom is -0.356 e. The fourth-order valence-electron chi connectivity index (χ4n) is 4.12. The highest BCUT2D eigenvalue weighted by Gasteiger charge is 2.07. The third-order valence-electron chi connectivity index (χ3n) is 6.51. The second-order valence-corrected chi connectivity index (χ2v) is 9.65. The Bertz CT molecular complexity index is 1160. The molecule has 4 rings (SSSR count). The van der Waals surface area contributed by atoms with Gasteiger partial charge in [-0.3, -0.25) is 0 Å². The zero-order valence-electron chi connectivity index (χ0n) is 20.8. The van der Waals surface area contributed by atoms with Gasteiger partial charge in [0.15, 0.2) is 0 Å². The molecule has 0 aliphatic carbocycles. The molecule has 0 aromatic heterocycles. The number of benzene rings is 4. The molecule has 2 heteroatoms. The molecule has 0 radical (unpaired) electrons. The molecule has 0 spiro atoms. The van der Waals surface area contributed by atoms with Gasteiger partial charge >= 0.3 is 0 Å². The molecule has 1 atom stereocenters. The van der Waals surface area contributed by atoms with Gasteiger partial charge in [-0.2, -0.15) is 0 Å². The molecule has 0 aliphatic heterocycles. The average Bonchev–Trinajstić information content (AvgIpc) is 2.85. The van der Waals surface area contributed by atoms with Crippen LogP contribution >= 0.6 is 0 Å². The topological polar surface area (TPSA) is 24.1 Å². The molecule has 1 unspecified atom stereocenters. The normalized spacial score (nSPS) is 11.9. The Kier molecular flexibility index (Phi) is 7.69. The van der Waals surface area contributed by atoms with E-state index in [1.807, 2.05) is 0 Å². The van der Waals surface area contributed by atoms with E-state index in [2.05, 4.69) is 135 Å². The second-order valence-electron chi connectivity index (χ2n) is 9.65. The number of anilines is 4. The van der Waals surface area contributed by atoms with E-state index in [0.717, 1.165) is 35.6 Å². The number of aryl methyl sites for hydroxylation is 2. The summed E-state index contributed by atoms with van der Waals surface area (Å²) in [5, 5.41) is 6.99. The second kappa shape index (κ2) is 11.1. The van der Waals surface area contributed by atoms with Gasteiger partial charge in [0, 0.05) is 22.7 Å². The SMILES string of the molecule is Cc1ccc(Nc2ccc(CCC(C)c3ccc(Nc4ccc(C(C)C)cc4)cc3)cc2)cc1. The predicted molar refractivity (Wildman–Crippen MR) is 148 cm³/mol. The van der Waals surface area contributed by atoms with Crippen molar-refractivity contribution in [2.24, 2.45) is 0 Å². The van der Waals surface area contributed by atoms with Crippen LogP contribution in [0.25, 0.3) is 0 Å². The number of hydrogen-bond donors (Lipinski definition) is 2. The summed E-state index contributed by atoms with van der Waals surface area (Å²) in [5.74, 6) is 1.08. The minimum atomic E-state index is 0.518. The van der Waals surface area contributed by atoms with Crippen molar-refractivity contribution >= 4 is 22.7 Å². The van der Waals surface area contributed by atoms with Gasteiger partial charge in [-0.1, -0.05) is 74.9 Å². The Morgan fingerprint density at radius 2 is 0.941 bits per heavy atom. The molecule has 0 saturated heterocycles. The largest absolute Gasteiger partial charge is 0.356 e. The van der Waals surface area contributed by atoms with Gasteiger partial charge in [0.05, 0.1) is 0 Å². The molecule has 0 fully saturated rings. The van der Waals surface area contributed by atoms with Crippen molar-refractivity contribution in [1.29, 1.82) is 0 Å². The highest BCUT2D eigenvalue weighted by molar-refractivity contribution is 5.61. The van der Waals surface area contributed by atoms with Gasteiger partial charge in [0.2, 0.25) is 0 Å². The van der Waals surface area contributed by atoms with Crippen LogP contribution in [0, 0.1) is 6.92 Å². The van der Waals surface area contributed by atoms with Crippen molar-refractivity contribution in [3.63, 3.8) is 0 Å². The fourth-order valence-corrected chi connectivity index (χ4v) is 4.12. The zero-order valence-corrected chi connectivity index (χ0v) is 20.8. The summed E-state index contributed by atoms with van der Waals surface area (Å²) in [6.45, 7) is 8.88. The Balaban J connectivity index is 1.28. The van der Waals surface area contributed by atoms with Crippen LogP contribution in [-0.4, -0.2) is 0 Å². The first-order chi connectivity index (χ1) is 16.5. The van der Waals surface area contributed by atoms with Crippen LogP contribution < -0.4 is 10.6 Å². The van der Waals surface area contributed by atoms with Crippen LogP contribution in [-0.2, 0) is 6.42 Å². The lowest BCUT2D eigenvalue weighted by Crippen LogP contribution is -1.98. The van der Waals surface area contributed by atoms with E-state index in [1.54, 1.807) is 0 Å². The Morgan fingerprint density at radius 1 is 0.529 bits per heavy atom. The van der Waals surface area contributed by atoms with Crippen molar-refractivity contribution in [3.05, 3.63) is 119 Å². The molecular formula is C32H36N2.